The van der Waals surface area contributed by atoms with E-state index in [2.05, 4.69) is 0 Å². The van der Waals surface area contributed by atoms with Crippen molar-refractivity contribution in [1.29, 1.82) is 0 Å². The van der Waals surface area contributed by atoms with Crippen LogP contribution in [0.25, 0.3) is 11.1 Å². The summed E-state index contributed by atoms with van der Waals surface area (Å²) in [5.41, 5.74) is 6.01. The molecule has 9 heteroatoms. The van der Waals surface area contributed by atoms with Gasteiger partial charge in [0.2, 0.25) is 0 Å². The molecule has 0 heterocycles. The van der Waals surface area contributed by atoms with E-state index in [1.54, 1.807) is 13.0 Å². The fraction of sp³-hybridized carbons (Fsp3) is 0.0769. The molecule has 0 saturated carbocycles. The topological polar surface area (TPSA) is 135 Å². The maximum Gasteiger partial charge on any atom is 0.295 e. The Kier molecular flexibility index (Phi) is 4.00. The Hall–Kier alpha value is -1.94. The second-order valence-corrected chi connectivity index (χ2v) is 7.49. The van der Waals surface area contributed by atoms with Gasteiger partial charge < -0.3 is 5.73 Å². The molecule has 118 valence electrons. The Morgan fingerprint density at radius 1 is 0.818 bits per heavy atom. The van der Waals surface area contributed by atoms with E-state index in [9.17, 15) is 25.9 Å². The lowest BCUT2D eigenvalue weighted by Crippen LogP contribution is -2.06. The molecule has 0 bridgehead atoms. The van der Waals surface area contributed by atoms with Gasteiger partial charge in [0.05, 0.1) is 0 Å². The second kappa shape index (κ2) is 5.36. The summed E-state index contributed by atoms with van der Waals surface area (Å²) in [7, 11) is -9.22. The highest BCUT2D eigenvalue weighted by molar-refractivity contribution is 7.86. The fourth-order valence-corrected chi connectivity index (χ4v) is 3.57. The zero-order chi connectivity index (χ0) is 16.7. The third-order valence-corrected chi connectivity index (χ3v) is 4.78. The van der Waals surface area contributed by atoms with Crippen molar-refractivity contribution >= 4 is 25.9 Å². The molecule has 0 spiro atoms. The van der Waals surface area contributed by atoms with Gasteiger partial charge in [-0.2, -0.15) is 16.8 Å². The van der Waals surface area contributed by atoms with Crippen molar-refractivity contribution < 1.29 is 25.9 Å². The first-order valence-electron chi connectivity index (χ1n) is 5.95. The quantitative estimate of drug-likeness (QED) is 0.570. The maximum atomic E-state index is 11.5. The van der Waals surface area contributed by atoms with Crippen molar-refractivity contribution in [3.05, 3.63) is 42.0 Å². The van der Waals surface area contributed by atoms with E-state index < -0.39 is 30.0 Å². The molecule has 0 amide bonds. The van der Waals surface area contributed by atoms with Gasteiger partial charge in [-0.25, -0.2) is 0 Å². The number of hydrogen-bond acceptors (Lipinski definition) is 5. The van der Waals surface area contributed by atoms with Gasteiger partial charge in [-0.1, -0.05) is 18.2 Å². The Morgan fingerprint density at radius 2 is 1.27 bits per heavy atom. The van der Waals surface area contributed by atoms with Crippen molar-refractivity contribution in [3.8, 4) is 11.1 Å². The number of anilines is 1. The molecule has 2 rings (SSSR count). The zero-order valence-electron chi connectivity index (χ0n) is 11.4. The molecule has 0 aromatic heterocycles. The van der Waals surface area contributed by atoms with Crippen molar-refractivity contribution in [2.45, 2.75) is 16.7 Å². The van der Waals surface area contributed by atoms with Gasteiger partial charge in [-0.05, 0) is 30.7 Å². The number of rotatable bonds is 3. The van der Waals surface area contributed by atoms with Crippen LogP contribution in [0.15, 0.2) is 46.2 Å². The first-order valence-corrected chi connectivity index (χ1v) is 8.83. The van der Waals surface area contributed by atoms with Crippen LogP contribution in [0.2, 0.25) is 0 Å². The lowest BCUT2D eigenvalue weighted by molar-refractivity contribution is 0.480. The van der Waals surface area contributed by atoms with E-state index in [4.69, 9.17) is 5.73 Å². The summed E-state index contributed by atoms with van der Waals surface area (Å²) in [6, 6.07) is 7.73. The highest BCUT2D eigenvalue weighted by atomic mass is 32.2. The highest BCUT2D eigenvalue weighted by Crippen LogP contribution is 2.34. The normalized spacial score (nSPS) is 12.3. The standard InChI is InChI=1S/C13H13NO6S2/c1-8-2-4-10(12(6-8)21(15,16)17)11-5-3-9(14)7-13(11)22(18,19)20/h2-7H,14H2,1H3,(H,15,16,17)(H,18,19,20). The summed E-state index contributed by atoms with van der Waals surface area (Å²) >= 11 is 0. The zero-order valence-corrected chi connectivity index (χ0v) is 13.0. The van der Waals surface area contributed by atoms with Crippen molar-refractivity contribution in [3.63, 3.8) is 0 Å². The lowest BCUT2D eigenvalue weighted by atomic mass is 10.0. The van der Waals surface area contributed by atoms with Gasteiger partial charge in [0.15, 0.2) is 0 Å². The van der Waals surface area contributed by atoms with Crippen molar-refractivity contribution in [2.24, 2.45) is 0 Å². The van der Waals surface area contributed by atoms with E-state index >= 15 is 0 Å². The summed E-state index contributed by atoms with van der Waals surface area (Å²) in [6.45, 7) is 1.62. The summed E-state index contributed by atoms with van der Waals surface area (Å²) in [5, 5.41) is 0. The summed E-state index contributed by atoms with van der Waals surface area (Å²) < 4.78 is 64.7. The van der Waals surface area contributed by atoms with Gasteiger partial charge in [0.1, 0.15) is 9.79 Å². The largest absolute Gasteiger partial charge is 0.399 e. The number of nitrogens with two attached hydrogens (primary N) is 1. The van der Waals surface area contributed by atoms with Crippen LogP contribution in [0.1, 0.15) is 5.56 Å². The molecule has 0 unspecified atom stereocenters. The maximum absolute atomic E-state index is 11.5. The predicted octanol–water partition coefficient (Wildman–Crippen LogP) is 1.74. The van der Waals surface area contributed by atoms with Gasteiger partial charge in [-0.15, -0.1) is 0 Å². The Balaban J connectivity index is 2.90. The van der Waals surface area contributed by atoms with Crippen LogP contribution in [-0.4, -0.2) is 25.9 Å². The molecule has 22 heavy (non-hydrogen) atoms. The first-order chi connectivity index (χ1) is 10.00. The Morgan fingerprint density at radius 3 is 1.77 bits per heavy atom. The Labute approximate surface area is 127 Å². The SMILES string of the molecule is Cc1ccc(-c2ccc(N)cc2S(=O)(=O)O)c(S(=O)(=O)O)c1. The monoisotopic (exact) mass is 343 g/mol. The molecule has 7 nitrogen and oxygen atoms in total. The number of benzene rings is 2. The smallest absolute Gasteiger partial charge is 0.295 e. The number of hydrogen-bond donors (Lipinski definition) is 3. The molecule has 4 N–H and O–H groups in total. The van der Waals surface area contributed by atoms with Gasteiger partial charge in [-0.3, -0.25) is 9.11 Å². The Bertz CT molecular complexity index is 869. The van der Waals surface area contributed by atoms with Crippen molar-refractivity contribution in [1.82, 2.24) is 0 Å². The molecular weight excluding hydrogens is 330 g/mol. The van der Waals surface area contributed by atoms with Gasteiger partial charge >= 0.3 is 0 Å². The number of nitrogen functional groups attached to an aromatic ring is 1. The molecule has 0 aliphatic heterocycles. The number of aryl methyl sites for hydroxylation is 1. The molecule has 0 atom stereocenters. The molecule has 0 saturated heterocycles. The molecule has 0 fully saturated rings. The first kappa shape index (κ1) is 16.4. The summed E-state index contributed by atoms with van der Waals surface area (Å²) in [6.07, 6.45) is 0. The van der Waals surface area contributed by atoms with E-state index in [0.717, 1.165) is 6.07 Å². The fourth-order valence-electron chi connectivity index (χ4n) is 2.04. The van der Waals surface area contributed by atoms with E-state index in [-0.39, 0.29) is 16.8 Å². The highest BCUT2D eigenvalue weighted by Gasteiger charge is 2.23. The van der Waals surface area contributed by atoms with Gasteiger partial charge in [0.25, 0.3) is 20.2 Å². The third-order valence-electron chi connectivity index (χ3n) is 2.99. The third kappa shape index (κ3) is 3.28. The average molecular weight is 343 g/mol. The molecule has 0 aliphatic rings. The van der Waals surface area contributed by atoms with E-state index in [0.29, 0.717) is 5.56 Å². The summed E-state index contributed by atoms with van der Waals surface area (Å²) in [4.78, 5) is -0.997. The van der Waals surface area contributed by atoms with Crippen LogP contribution in [-0.2, 0) is 20.2 Å². The minimum atomic E-state index is -4.63. The summed E-state index contributed by atoms with van der Waals surface area (Å²) in [5.74, 6) is 0. The minimum Gasteiger partial charge on any atom is -0.399 e. The van der Waals surface area contributed by atoms with E-state index in [1.807, 2.05) is 0 Å². The molecular formula is C13H13NO6S2. The van der Waals surface area contributed by atoms with Gasteiger partial charge in [0, 0.05) is 16.8 Å². The minimum absolute atomic E-state index is 0.0549. The van der Waals surface area contributed by atoms with Crippen LogP contribution in [0, 0.1) is 6.92 Å². The molecule has 2 aromatic rings. The van der Waals surface area contributed by atoms with Crippen LogP contribution < -0.4 is 5.73 Å². The molecule has 2 aromatic carbocycles. The van der Waals surface area contributed by atoms with Crippen LogP contribution in [0.5, 0.6) is 0 Å². The van der Waals surface area contributed by atoms with Crippen LogP contribution in [0.3, 0.4) is 0 Å². The van der Waals surface area contributed by atoms with Crippen molar-refractivity contribution in [2.75, 3.05) is 5.73 Å². The molecule has 0 aliphatic carbocycles. The lowest BCUT2D eigenvalue weighted by Gasteiger charge is -2.12. The van der Waals surface area contributed by atoms with Crippen LogP contribution in [0.4, 0.5) is 5.69 Å². The average Bonchev–Trinajstić information content (AvgIpc) is 2.37. The van der Waals surface area contributed by atoms with E-state index in [1.165, 1.54) is 24.3 Å². The predicted molar refractivity (Wildman–Crippen MR) is 80.7 cm³/mol. The molecule has 0 radical (unpaired) electrons. The van der Waals surface area contributed by atoms with Crippen LogP contribution >= 0.6 is 0 Å². The second-order valence-electron chi connectivity index (χ2n) is 4.71.